The average molecular weight is 220 g/mol. The Morgan fingerprint density at radius 1 is 1.19 bits per heavy atom. The lowest BCUT2D eigenvalue weighted by molar-refractivity contribution is 0.166. The molecule has 0 aromatic rings. The molecule has 1 saturated heterocycles. The Morgan fingerprint density at radius 2 is 2.00 bits per heavy atom. The van der Waals surface area contributed by atoms with Gasteiger partial charge in [-0.15, -0.1) is 12.3 Å². The van der Waals surface area contributed by atoms with Crippen molar-refractivity contribution in [2.45, 2.75) is 50.5 Å². The van der Waals surface area contributed by atoms with Gasteiger partial charge >= 0.3 is 0 Å². The maximum Gasteiger partial charge on any atom is 0.0308 e. The molecule has 1 N–H and O–H groups in total. The lowest BCUT2D eigenvalue weighted by Crippen LogP contribution is -2.52. The summed E-state index contributed by atoms with van der Waals surface area (Å²) < 4.78 is 0. The van der Waals surface area contributed by atoms with Gasteiger partial charge in [0.1, 0.15) is 0 Å². The molecule has 2 aliphatic rings. The molecule has 2 rings (SSSR count). The van der Waals surface area contributed by atoms with Crippen molar-refractivity contribution in [3.63, 3.8) is 0 Å². The molecule has 0 aromatic carbocycles. The topological polar surface area (TPSA) is 15.3 Å². The van der Waals surface area contributed by atoms with E-state index in [1.54, 1.807) is 0 Å². The quantitative estimate of drug-likeness (QED) is 0.716. The van der Waals surface area contributed by atoms with Crippen LogP contribution < -0.4 is 5.32 Å². The fourth-order valence-electron chi connectivity index (χ4n) is 3.20. The molecule has 1 heterocycles. The highest BCUT2D eigenvalue weighted by molar-refractivity contribution is 4.96. The van der Waals surface area contributed by atoms with Crippen molar-refractivity contribution in [3.05, 3.63) is 0 Å². The summed E-state index contributed by atoms with van der Waals surface area (Å²) in [6.45, 7) is 4.71. The van der Waals surface area contributed by atoms with Crippen LogP contribution in [0, 0.1) is 12.3 Å². The van der Waals surface area contributed by atoms with E-state index in [0.29, 0.717) is 5.54 Å². The first kappa shape index (κ1) is 12.0. The van der Waals surface area contributed by atoms with Crippen molar-refractivity contribution in [2.75, 3.05) is 26.2 Å². The van der Waals surface area contributed by atoms with E-state index in [4.69, 9.17) is 6.42 Å². The summed E-state index contributed by atoms with van der Waals surface area (Å²) in [7, 11) is 0. The Hall–Kier alpha value is -0.520. The Labute approximate surface area is 99.8 Å². The molecule has 0 radical (unpaired) electrons. The molecule has 0 unspecified atom stereocenters. The predicted molar refractivity (Wildman–Crippen MR) is 68.3 cm³/mol. The van der Waals surface area contributed by atoms with Crippen molar-refractivity contribution in [3.8, 4) is 12.3 Å². The monoisotopic (exact) mass is 220 g/mol. The molecule has 1 aliphatic heterocycles. The van der Waals surface area contributed by atoms with Crippen LogP contribution in [-0.4, -0.2) is 36.6 Å². The maximum absolute atomic E-state index is 5.36. The minimum absolute atomic E-state index is 0.420. The summed E-state index contributed by atoms with van der Waals surface area (Å²) in [5.74, 6) is 2.76. The van der Waals surface area contributed by atoms with E-state index < -0.39 is 0 Å². The fraction of sp³-hybridized carbons (Fsp3) is 0.857. The minimum atomic E-state index is 0.420. The summed E-state index contributed by atoms with van der Waals surface area (Å²) in [6, 6.07) is 0. The van der Waals surface area contributed by atoms with Crippen LogP contribution >= 0.6 is 0 Å². The molecular formula is C14H24N2. The van der Waals surface area contributed by atoms with Gasteiger partial charge in [0.05, 0.1) is 0 Å². The van der Waals surface area contributed by atoms with Gasteiger partial charge in [0.15, 0.2) is 0 Å². The molecule has 16 heavy (non-hydrogen) atoms. The highest BCUT2D eigenvalue weighted by Gasteiger charge is 2.34. The second-order valence-corrected chi connectivity index (χ2v) is 5.35. The van der Waals surface area contributed by atoms with E-state index in [0.717, 1.165) is 13.0 Å². The van der Waals surface area contributed by atoms with Gasteiger partial charge in [-0.1, -0.05) is 19.3 Å². The number of nitrogens with zero attached hydrogens (tertiary/aromatic N) is 1. The third-order valence-electron chi connectivity index (χ3n) is 4.06. The molecule has 1 spiro atoms. The van der Waals surface area contributed by atoms with Crippen LogP contribution in [0.5, 0.6) is 0 Å². The zero-order chi connectivity index (χ0) is 11.3. The van der Waals surface area contributed by atoms with Crippen LogP contribution in [0.1, 0.15) is 44.9 Å². The van der Waals surface area contributed by atoms with Crippen molar-refractivity contribution in [1.82, 2.24) is 10.2 Å². The smallest absolute Gasteiger partial charge is 0.0308 e. The minimum Gasteiger partial charge on any atom is -0.310 e. The molecule has 0 atom stereocenters. The Bertz CT molecular complexity index is 248. The first-order valence-corrected chi connectivity index (χ1v) is 6.76. The molecule has 1 aliphatic carbocycles. The molecule has 0 amide bonds. The Morgan fingerprint density at radius 3 is 2.75 bits per heavy atom. The predicted octanol–water partition coefficient (Wildman–Crippen LogP) is 2.01. The largest absolute Gasteiger partial charge is 0.310 e. The summed E-state index contributed by atoms with van der Waals surface area (Å²) in [5, 5.41) is 3.81. The lowest BCUT2D eigenvalue weighted by Gasteiger charge is -2.40. The van der Waals surface area contributed by atoms with E-state index >= 15 is 0 Å². The lowest BCUT2D eigenvalue weighted by atomic mass is 9.81. The van der Waals surface area contributed by atoms with E-state index in [1.807, 2.05) is 0 Å². The summed E-state index contributed by atoms with van der Waals surface area (Å²) in [4.78, 5) is 2.57. The standard InChI is InChI=1S/C14H24N2/c1-2-3-11-16-12-7-10-15-14(13-16)8-5-4-6-9-14/h1,15H,3-13H2. The van der Waals surface area contributed by atoms with Gasteiger partial charge in [0, 0.05) is 25.0 Å². The second-order valence-electron chi connectivity index (χ2n) is 5.35. The molecule has 2 heteroatoms. The normalized spacial score (nSPS) is 26.2. The van der Waals surface area contributed by atoms with Crippen molar-refractivity contribution in [1.29, 1.82) is 0 Å². The van der Waals surface area contributed by atoms with Gasteiger partial charge in [0.2, 0.25) is 0 Å². The van der Waals surface area contributed by atoms with Crippen LogP contribution in [0.3, 0.4) is 0 Å². The van der Waals surface area contributed by atoms with Gasteiger partial charge in [-0.05, 0) is 32.4 Å². The first-order valence-electron chi connectivity index (χ1n) is 6.76. The zero-order valence-electron chi connectivity index (χ0n) is 10.3. The average Bonchev–Trinajstić information content (AvgIpc) is 2.50. The van der Waals surface area contributed by atoms with Crippen LogP contribution in [0.15, 0.2) is 0 Å². The van der Waals surface area contributed by atoms with Gasteiger partial charge in [-0.25, -0.2) is 0 Å². The molecular weight excluding hydrogens is 196 g/mol. The van der Waals surface area contributed by atoms with Gasteiger partial charge in [-0.3, -0.25) is 0 Å². The van der Waals surface area contributed by atoms with E-state index in [-0.39, 0.29) is 0 Å². The Kier molecular flexibility index (Phi) is 4.26. The summed E-state index contributed by atoms with van der Waals surface area (Å²) in [5.41, 5.74) is 0.420. The number of hydrogen-bond donors (Lipinski definition) is 1. The Balaban J connectivity index is 1.94. The number of terminal acetylenes is 1. The van der Waals surface area contributed by atoms with Crippen molar-refractivity contribution >= 4 is 0 Å². The first-order chi connectivity index (χ1) is 7.85. The molecule has 0 aromatic heterocycles. The van der Waals surface area contributed by atoms with E-state index in [1.165, 1.54) is 58.2 Å². The second kappa shape index (κ2) is 5.70. The third-order valence-corrected chi connectivity index (χ3v) is 4.06. The molecule has 90 valence electrons. The van der Waals surface area contributed by atoms with Crippen LogP contribution in [0.4, 0.5) is 0 Å². The number of rotatable bonds is 2. The molecule has 2 fully saturated rings. The van der Waals surface area contributed by atoms with Crippen LogP contribution in [-0.2, 0) is 0 Å². The zero-order valence-corrected chi connectivity index (χ0v) is 10.3. The van der Waals surface area contributed by atoms with E-state index in [2.05, 4.69) is 16.1 Å². The summed E-state index contributed by atoms with van der Waals surface area (Å²) >= 11 is 0. The fourth-order valence-corrected chi connectivity index (χ4v) is 3.20. The highest BCUT2D eigenvalue weighted by Crippen LogP contribution is 2.30. The van der Waals surface area contributed by atoms with Crippen molar-refractivity contribution in [2.24, 2.45) is 0 Å². The van der Waals surface area contributed by atoms with Gasteiger partial charge in [0.25, 0.3) is 0 Å². The van der Waals surface area contributed by atoms with Crippen LogP contribution in [0.25, 0.3) is 0 Å². The van der Waals surface area contributed by atoms with E-state index in [9.17, 15) is 0 Å². The number of nitrogens with one attached hydrogen (secondary N) is 1. The van der Waals surface area contributed by atoms with Crippen molar-refractivity contribution < 1.29 is 0 Å². The maximum atomic E-state index is 5.36. The molecule has 1 saturated carbocycles. The van der Waals surface area contributed by atoms with Crippen LogP contribution in [0.2, 0.25) is 0 Å². The van der Waals surface area contributed by atoms with Gasteiger partial charge in [-0.2, -0.15) is 0 Å². The third kappa shape index (κ3) is 2.99. The molecule has 0 bridgehead atoms. The molecule has 2 nitrogen and oxygen atoms in total. The number of hydrogen-bond acceptors (Lipinski definition) is 2. The highest BCUT2D eigenvalue weighted by atomic mass is 15.2. The van der Waals surface area contributed by atoms with Gasteiger partial charge < -0.3 is 10.2 Å². The SMILES string of the molecule is C#CCCN1CCCNC2(CCCCC2)C1. The summed E-state index contributed by atoms with van der Waals surface area (Å²) in [6.07, 6.45) is 14.5.